The molecule has 1 aliphatic heterocycles. The number of halogens is 6. The predicted octanol–water partition coefficient (Wildman–Crippen LogP) is 6.62. The molecule has 210 valence electrons. The SMILES string of the molecule is CN1CCC(Nc2cccc3c(C(F)C(F)F)c(C#CCNc4cc(F)c(P(C)(C)=O)cc4F)sc23)C(F)C1. The Morgan fingerprint density at radius 1 is 1.15 bits per heavy atom. The first kappa shape index (κ1) is 29.3. The predicted molar refractivity (Wildman–Crippen MR) is 147 cm³/mol. The molecule has 39 heavy (non-hydrogen) atoms. The van der Waals surface area contributed by atoms with Crippen LogP contribution in [0.3, 0.4) is 0 Å². The van der Waals surface area contributed by atoms with Crippen LogP contribution in [0.2, 0.25) is 0 Å². The van der Waals surface area contributed by atoms with Gasteiger partial charge in [0.05, 0.1) is 33.5 Å². The number of alkyl halides is 4. The van der Waals surface area contributed by atoms with E-state index < -0.39 is 43.6 Å². The van der Waals surface area contributed by atoms with Crippen molar-refractivity contribution in [2.45, 2.75) is 31.2 Å². The molecule has 3 aromatic rings. The first-order valence-electron chi connectivity index (χ1n) is 12.2. The van der Waals surface area contributed by atoms with Gasteiger partial charge < -0.3 is 20.1 Å². The fraction of sp³-hybridized carbons (Fsp3) is 0.407. The Morgan fingerprint density at radius 3 is 2.56 bits per heavy atom. The van der Waals surface area contributed by atoms with Gasteiger partial charge in [0.1, 0.15) is 24.9 Å². The van der Waals surface area contributed by atoms with Gasteiger partial charge >= 0.3 is 0 Å². The lowest BCUT2D eigenvalue weighted by molar-refractivity contribution is 0.0504. The van der Waals surface area contributed by atoms with Crippen molar-refractivity contribution in [2.24, 2.45) is 0 Å². The third-order valence-corrected chi connectivity index (χ3v) is 9.20. The summed E-state index contributed by atoms with van der Waals surface area (Å²) >= 11 is 1.01. The Bertz CT molecular complexity index is 1460. The molecule has 4 nitrogen and oxygen atoms in total. The lowest BCUT2D eigenvalue weighted by Gasteiger charge is -2.33. The summed E-state index contributed by atoms with van der Waals surface area (Å²) < 4.78 is 97.7. The van der Waals surface area contributed by atoms with Gasteiger partial charge in [0.15, 0.2) is 6.17 Å². The van der Waals surface area contributed by atoms with Crippen LogP contribution in [0.25, 0.3) is 10.1 Å². The molecular weight excluding hydrogens is 559 g/mol. The maximum Gasteiger partial charge on any atom is 0.273 e. The van der Waals surface area contributed by atoms with Gasteiger partial charge in [-0.25, -0.2) is 26.3 Å². The Kier molecular flexibility index (Phi) is 8.89. The Balaban J connectivity index is 1.62. The normalized spacial score (nSPS) is 19.1. The van der Waals surface area contributed by atoms with Crippen LogP contribution in [-0.2, 0) is 4.57 Å². The minimum atomic E-state index is -3.29. The van der Waals surface area contributed by atoms with E-state index in [1.54, 1.807) is 12.1 Å². The third-order valence-electron chi connectivity index (χ3n) is 6.52. The highest BCUT2D eigenvalue weighted by molar-refractivity contribution is 7.70. The number of anilines is 2. The zero-order chi connectivity index (χ0) is 28.5. The molecule has 3 unspecified atom stereocenters. The number of fused-ring (bicyclic) bond motifs is 1. The van der Waals surface area contributed by atoms with Crippen molar-refractivity contribution in [1.29, 1.82) is 0 Å². The fourth-order valence-corrected chi connectivity index (χ4v) is 6.70. The minimum Gasteiger partial charge on any atom is -0.378 e. The Hall–Kier alpha value is -2.67. The molecule has 2 heterocycles. The number of benzene rings is 2. The smallest absolute Gasteiger partial charge is 0.273 e. The van der Waals surface area contributed by atoms with Crippen molar-refractivity contribution >= 4 is 45.2 Å². The van der Waals surface area contributed by atoms with Gasteiger partial charge in [0.25, 0.3) is 6.43 Å². The summed E-state index contributed by atoms with van der Waals surface area (Å²) in [6, 6.07) is 6.06. The molecule has 1 fully saturated rings. The molecule has 4 rings (SSSR count). The number of rotatable bonds is 7. The number of hydrogen-bond donors (Lipinski definition) is 2. The molecule has 1 saturated heterocycles. The van der Waals surface area contributed by atoms with E-state index in [4.69, 9.17) is 0 Å². The topological polar surface area (TPSA) is 44.4 Å². The van der Waals surface area contributed by atoms with Crippen LogP contribution < -0.4 is 15.9 Å². The van der Waals surface area contributed by atoms with Gasteiger partial charge in [-0.05, 0) is 38.9 Å². The van der Waals surface area contributed by atoms with Crippen LogP contribution in [0.1, 0.15) is 23.0 Å². The van der Waals surface area contributed by atoms with Gasteiger partial charge in [-0.3, -0.25) is 0 Å². The maximum atomic E-state index is 14.8. The van der Waals surface area contributed by atoms with Crippen molar-refractivity contribution in [3.63, 3.8) is 0 Å². The molecule has 2 N–H and O–H groups in total. The zero-order valence-electron chi connectivity index (χ0n) is 21.5. The number of likely N-dealkylation sites (tertiary alicyclic amines) is 1. The zero-order valence-corrected chi connectivity index (χ0v) is 23.2. The first-order chi connectivity index (χ1) is 18.4. The minimum absolute atomic E-state index is 0.0638. The molecule has 0 saturated carbocycles. The summed E-state index contributed by atoms with van der Waals surface area (Å²) in [4.78, 5) is 1.94. The van der Waals surface area contributed by atoms with Crippen LogP contribution >= 0.6 is 18.5 Å². The quantitative estimate of drug-likeness (QED) is 0.185. The number of hydrogen-bond acceptors (Lipinski definition) is 5. The highest BCUT2D eigenvalue weighted by atomic mass is 32.1. The van der Waals surface area contributed by atoms with Gasteiger partial charge in [0, 0.05) is 35.4 Å². The van der Waals surface area contributed by atoms with Gasteiger partial charge in [-0.1, -0.05) is 24.0 Å². The van der Waals surface area contributed by atoms with E-state index in [1.165, 1.54) is 19.4 Å². The molecule has 3 atom stereocenters. The molecule has 1 aromatic heterocycles. The second kappa shape index (κ2) is 11.8. The monoisotopic (exact) mass is 587 g/mol. The molecule has 0 aliphatic carbocycles. The van der Waals surface area contributed by atoms with Gasteiger partial charge in [-0.15, -0.1) is 11.3 Å². The van der Waals surface area contributed by atoms with Crippen molar-refractivity contribution in [1.82, 2.24) is 4.90 Å². The lowest BCUT2D eigenvalue weighted by Crippen LogP contribution is -2.46. The molecular formula is C27H28F6N3OPS. The number of nitrogens with one attached hydrogen (secondary N) is 2. The van der Waals surface area contributed by atoms with E-state index in [1.807, 2.05) is 11.9 Å². The maximum absolute atomic E-state index is 14.8. The summed E-state index contributed by atoms with van der Waals surface area (Å²) in [6.45, 7) is 3.40. The molecule has 0 bridgehead atoms. The van der Waals surface area contributed by atoms with Crippen molar-refractivity contribution in [3.8, 4) is 11.8 Å². The van der Waals surface area contributed by atoms with Gasteiger partial charge in [0.2, 0.25) is 0 Å². The van der Waals surface area contributed by atoms with E-state index in [9.17, 15) is 30.9 Å². The number of nitrogens with zero attached hydrogens (tertiary/aromatic N) is 1. The Labute approximate surface area is 227 Å². The van der Waals surface area contributed by atoms with Crippen LogP contribution in [0.15, 0.2) is 30.3 Å². The second-order valence-corrected chi connectivity index (χ2v) is 14.1. The largest absolute Gasteiger partial charge is 0.378 e. The van der Waals surface area contributed by atoms with Gasteiger partial charge in [-0.2, -0.15) is 0 Å². The Morgan fingerprint density at radius 2 is 1.90 bits per heavy atom. The first-order valence-corrected chi connectivity index (χ1v) is 15.6. The van der Waals surface area contributed by atoms with Crippen LogP contribution in [0.4, 0.5) is 37.7 Å². The highest BCUT2D eigenvalue weighted by Gasteiger charge is 2.31. The summed E-state index contributed by atoms with van der Waals surface area (Å²) in [5, 5.41) is 5.81. The molecule has 2 aromatic carbocycles. The third kappa shape index (κ3) is 6.56. The van der Waals surface area contributed by atoms with E-state index in [0.29, 0.717) is 23.4 Å². The number of thiophene rings is 1. The average Bonchev–Trinajstić information content (AvgIpc) is 3.23. The second-order valence-electron chi connectivity index (χ2n) is 9.87. The van der Waals surface area contributed by atoms with E-state index in [2.05, 4.69) is 22.5 Å². The molecule has 0 amide bonds. The van der Waals surface area contributed by atoms with Crippen molar-refractivity contribution in [3.05, 3.63) is 52.4 Å². The molecule has 0 spiro atoms. The summed E-state index contributed by atoms with van der Waals surface area (Å²) in [5.41, 5.74) is 0.0341. The highest BCUT2D eigenvalue weighted by Crippen LogP contribution is 2.42. The molecule has 0 radical (unpaired) electrons. The summed E-state index contributed by atoms with van der Waals surface area (Å²) in [7, 11) is -1.20. The lowest BCUT2D eigenvalue weighted by atomic mass is 10.0. The van der Waals surface area contributed by atoms with E-state index in [-0.39, 0.29) is 39.9 Å². The van der Waals surface area contributed by atoms with Crippen molar-refractivity contribution < 1.29 is 30.9 Å². The summed E-state index contributed by atoms with van der Waals surface area (Å²) in [5.74, 6) is 3.69. The molecule has 12 heteroatoms. The van der Waals surface area contributed by atoms with Crippen LogP contribution in [-0.4, -0.2) is 63.6 Å². The number of piperidine rings is 1. The fourth-order valence-electron chi connectivity index (χ4n) is 4.51. The average molecular weight is 588 g/mol. The van der Waals surface area contributed by atoms with E-state index in [0.717, 1.165) is 23.5 Å². The van der Waals surface area contributed by atoms with Crippen LogP contribution in [0, 0.1) is 23.5 Å². The standard InChI is InChI=1S/C27H28F6N3OPS/c1-36-11-9-19(18(30)14-36)35-20-7-4-6-15-24(25(31)27(32)33)23(39-26(15)20)8-5-10-34-21-12-17(29)22(13-16(21)28)38(2,3)37/h4,6-7,12-13,18-19,25,27,34-35H,9-11,14H2,1-3H3. The van der Waals surface area contributed by atoms with E-state index >= 15 is 0 Å². The van der Waals surface area contributed by atoms with Crippen molar-refractivity contribution in [2.75, 3.05) is 50.6 Å². The molecule has 1 aliphatic rings. The van der Waals surface area contributed by atoms with Crippen LogP contribution in [0.5, 0.6) is 0 Å². The summed E-state index contributed by atoms with van der Waals surface area (Å²) in [6.07, 6.45) is -6.48.